The average molecular weight is 504 g/mol. The zero-order chi connectivity index (χ0) is 18.1. The molecule has 0 aliphatic carbocycles. The highest BCUT2D eigenvalue weighted by atomic mass is 127. The molecule has 0 aromatic heterocycles. The van der Waals surface area contributed by atoms with Crippen molar-refractivity contribution in [3.63, 3.8) is 0 Å². The minimum atomic E-state index is -3.05. The Morgan fingerprint density at radius 3 is 2.58 bits per heavy atom. The zero-order valence-corrected chi connectivity index (χ0v) is 18.9. The molecule has 0 bridgehead atoms. The first-order valence-electron chi connectivity index (χ1n) is 9.08. The Morgan fingerprint density at radius 2 is 2.00 bits per heavy atom. The third kappa shape index (κ3) is 8.68. The van der Waals surface area contributed by atoms with Gasteiger partial charge in [-0.15, -0.1) is 24.0 Å². The van der Waals surface area contributed by atoms with Crippen LogP contribution in [0.25, 0.3) is 0 Å². The fraction of sp³-hybridized carbons (Fsp3) is 0.938. The van der Waals surface area contributed by atoms with E-state index >= 15 is 0 Å². The monoisotopic (exact) mass is 504 g/mol. The first kappa shape index (κ1) is 23.9. The highest BCUT2D eigenvalue weighted by molar-refractivity contribution is 14.0. The quantitative estimate of drug-likeness (QED) is 0.218. The summed E-state index contributed by atoms with van der Waals surface area (Å²) >= 11 is 0. The first-order chi connectivity index (χ1) is 12.0. The minimum Gasteiger partial charge on any atom is -0.379 e. The number of aliphatic imine (C=N–C) groups is 1. The van der Waals surface area contributed by atoms with Crippen LogP contribution in [0.4, 0.5) is 0 Å². The van der Waals surface area contributed by atoms with Crippen molar-refractivity contribution in [2.45, 2.75) is 31.8 Å². The number of ether oxygens (including phenoxy) is 2. The standard InChI is InChI=1S/C16H32N4O4S.HI/c1-17-16(18-7-3-10-24-15-6-11-23-13-15)19-12-14-4-8-20(9-5-14)25(2,21)22;/h14-15H,3-13H2,1-2H3,(H2,17,18,19);1H. The number of piperidine rings is 1. The van der Waals surface area contributed by atoms with E-state index in [2.05, 4.69) is 15.6 Å². The maximum Gasteiger partial charge on any atom is 0.211 e. The van der Waals surface area contributed by atoms with Gasteiger partial charge in [-0.2, -0.15) is 0 Å². The highest BCUT2D eigenvalue weighted by Crippen LogP contribution is 2.18. The summed E-state index contributed by atoms with van der Waals surface area (Å²) in [6.07, 6.45) is 5.22. The summed E-state index contributed by atoms with van der Waals surface area (Å²) in [5.74, 6) is 1.26. The summed E-state index contributed by atoms with van der Waals surface area (Å²) in [4.78, 5) is 4.23. The molecule has 0 aromatic carbocycles. The molecule has 26 heavy (non-hydrogen) atoms. The number of guanidine groups is 1. The smallest absolute Gasteiger partial charge is 0.211 e. The summed E-state index contributed by atoms with van der Waals surface area (Å²) in [5, 5.41) is 6.62. The maximum absolute atomic E-state index is 11.5. The summed E-state index contributed by atoms with van der Waals surface area (Å²) in [7, 11) is -1.29. The van der Waals surface area contributed by atoms with Gasteiger partial charge in [-0.05, 0) is 31.6 Å². The lowest BCUT2D eigenvalue weighted by Crippen LogP contribution is -2.44. The second-order valence-electron chi connectivity index (χ2n) is 6.70. The predicted molar refractivity (Wildman–Crippen MR) is 114 cm³/mol. The van der Waals surface area contributed by atoms with Gasteiger partial charge in [-0.1, -0.05) is 0 Å². The number of halogens is 1. The molecular formula is C16H33IN4O4S. The van der Waals surface area contributed by atoms with Gasteiger partial charge in [0.2, 0.25) is 10.0 Å². The molecule has 1 atom stereocenters. The van der Waals surface area contributed by atoms with Crippen molar-refractivity contribution in [1.82, 2.24) is 14.9 Å². The number of nitrogens with zero attached hydrogens (tertiary/aromatic N) is 2. The molecule has 0 saturated carbocycles. The molecule has 8 nitrogen and oxygen atoms in total. The number of hydrogen-bond acceptors (Lipinski definition) is 5. The molecule has 0 spiro atoms. The van der Waals surface area contributed by atoms with E-state index in [1.54, 1.807) is 11.4 Å². The molecule has 2 aliphatic heterocycles. The lowest BCUT2D eigenvalue weighted by molar-refractivity contribution is 0.0420. The molecule has 2 saturated heterocycles. The van der Waals surface area contributed by atoms with Crippen LogP contribution in [-0.2, 0) is 19.5 Å². The van der Waals surface area contributed by atoms with Crippen molar-refractivity contribution in [1.29, 1.82) is 0 Å². The van der Waals surface area contributed by atoms with Crippen molar-refractivity contribution in [3.8, 4) is 0 Å². The van der Waals surface area contributed by atoms with Gasteiger partial charge < -0.3 is 20.1 Å². The fourth-order valence-corrected chi connectivity index (χ4v) is 3.95. The molecule has 10 heteroatoms. The minimum absolute atomic E-state index is 0. The largest absolute Gasteiger partial charge is 0.379 e. The second kappa shape index (κ2) is 12.3. The van der Waals surface area contributed by atoms with Crippen LogP contribution in [0.15, 0.2) is 4.99 Å². The predicted octanol–water partition coefficient (Wildman–Crippen LogP) is 0.637. The van der Waals surface area contributed by atoms with E-state index in [4.69, 9.17) is 9.47 Å². The summed E-state index contributed by atoms with van der Waals surface area (Å²) in [6.45, 7) is 5.09. The van der Waals surface area contributed by atoms with Gasteiger partial charge in [-0.3, -0.25) is 4.99 Å². The molecule has 2 aliphatic rings. The van der Waals surface area contributed by atoms with E-state index < -0.39 is 10.0 Å². The average Bonchev–Trinajstić information content (AvgIpc) is 3.10. The number of nitrogens with one attached hydrogen (secondary N) is 2. The third-order valence-electron chi connectivity index (χ3n) is 4.68. The number of sulfonamides is 1. The molecule has 2 rings (SSSR count). The van der Waals surface area contributed by atoms with Crippen molar-refractivity contribution in [2.24, 2.45) is 10.9 Å². The number of rotatable bonds is 8. The Balaban J connectivity index is 0.00000338. The zero-order valence-electron chi connectivity index (χ0n) is 15.8. The fourth-order valence-electron chi connectivity index (χ4n) is 3.08. The van der Waals surface area contributed by atoms with Crippen LogP contribution in [0.3, 0.4) is 0 Å². The maximum atomic E-state index is 11.5. The van der Waals surface area contributed by atoms with Gasteiger partial charge in [0.15, 0.2) is 5.96 Å². The Labute approximate surface area is 174 Å². The summed E-state index contributed by atoms with van der Waals surface area (Å²) in [5.41, 5.74) is 0. The molecule has 0 aromatic rings. The topological polar surface area (TPSA) is 92.3 Å². The lowest BCUT2D eigenvalue weighted by atomic mass is 9.98. The summed E-state index contributed by atoms with van der Waals surface area (Å²) in [6, 6.07) is 0. The van der Waals surface area contributed by atoms with Crippen LogP contribution in [0, 0.1) is 5.92 Å². The molecule has 2 fully saturated rings. The third-order valence-corrected chi connectivity index (χ3v) is 5.98. The Morgan fingerprint density at radius 1 is 1.27 bits per heavy atom. The van der Waals surface area contributed by atoms with Gasteiger partial charge in [0.1, 0.15) is 0 Å². The van der Waals surface area contributed by atoms with E-state index in [-0.39, 0.29) is 30.1 Å². The Bertz CT molecular complexity index is 518. The van der Waals surface area contributed by atoms with Crippen LogP contribution < -0.4 is 10.6 Å². The van der Waals surface area contributed by atoms with Crippen molar-refractivity contribution >= 4 is 40.0 Å². The molecule has 2 N–H and O–H groups in total. The number of hydrogen-bond donors (Lipinski definition) is 2. The summed E-state index contributed by atoms with van der Waals surface area (Å²) < 4.78 is 35.6. The van der Waals surface area contributed by atoms with Gasteiger partial charge in [0.05, 0.1) is 19.0 Å². The van der Waals surface area contributed by atoms with Gasteiger partial charge in [0.25, 0.3) is 0 Å². The molecule has 1 unspecified atom stereocenters. The van der Waals surface area contributed by atoms with Crippen LogP contribution in [0.2, 0.25) is 0 Å². The van der Waals surface area contributed by atoms with E-state index in [1.165, 1.54) is 6.26 Å². The van der Waals surface area contributed by atoms with Gasteiger partial charge >= 0.3 is 0 Å². The van der Waals surface area contributed by atoms with Gasteiger partial charge in [0, 0.05) is 46.4 Å². The SMILES string of the molecule is CN=C(NCCCOC1CCOC1)NCC1CCN(S(C)(=O)=O)CC1.I. The van der Waals surface area contributed by atoms with Crippen molar-refractivity contribution in [3.05, 3.63) is 0 Å². The molecule has 0 radical (unpaired) electrons. The van der Waals surface area contributed by atoms with Crippen LogP contribution in [0.1, 0.15) is 25.7 Å². The molecular weight excluding hydrogens is 471 g/mol. The normalized spacial score (nSPS) is 22.8. The van der Waals surface area contributed by atoms with E-state index in [9.17, 15) is 8.42 Å². The van der Waals surface area contributed by atoms with Crippen LogP contribution in [-0.4, -0.2) is 84.1 Å². The van der Waals surface area contributed by atoms with Crippen LogP contribution >= 0.6 is 24.0 Å². The van der Waals surface area contributed by atoms with Crippen molar-refractivity contribution < 1.29 is 17.9 Å². The highest BCUT2D eigenvalue weighted by Gasteiger charge is 2.24. The van der Waals surface area contributed by atoms with Gasteiger partial charge in [-0.25, -0.2) is 12.7 Å². The lowest BCUT2D eigenvalue weighted by Gasteiger charge is -2.30. The van der Waals surface area contributed by atoms with E-state index in [0.29, 0.717) is 19.0 Å². The molecule has 0 amide bonds. The molecule has 2 heterocycles. The Hall–Kier alpha value is -0.170. The Kier molecular flexibility index (Phi) is 11.3. The van der Waals surface area contributed by atoms with E-state index in [0.717, 1.165) is 64.6 Å². The molecule has 154 valence electrons. The van der Waals surface area contributed by atoms with Crippen LogP contribution in [0.5, 0.6) is 0 Å². The second-order valence-corrected chi connectivity index (χ2v) is 8.68. The van der Waals surface area contributed by atoms with Crippen molar-refractivity contribution in [2.75, 3.05) is 59.3 Å². The van der Waals surface area contributed by atoms with E-state index in [1.807, 2.05) is 0 Å². The first-order valence-corrected chi connectivity index (χ1v) is 10.9.